The molecule has 0 aliphatic heterocycles. The summed E-state index contributed by atoms with van der Waals surface area (Å²) in [6.07, 6.45) is -0.564. The van der Waals surface area contributed by atoms with E-state index in [0.717, 1.165) is 0 Å². The zero-order valence-electron chi connectivity index (χ0n) is 12.1. The van der Waals surface area contributed by atoms with Gasteiger partial charge in [0.2, 0.25) is 0 Å². The van der Waals surface area contributed by atoms with Crippen LogP contribution in [0, 0.1) is 5.82 Å². The largest absolute Gasteiger partial charge is 0.444 e. The molecule has 5 nitrogen and oxygen atoms in total. The van der Waals surface area contributed by atoms with Crippen LogP contribution in [0.4, 0.5) is 9.18 Å². The van der Waals surface area contributed by atoms with Crippen LogP contribution in [-0.4, -0.2) is 30.7 Å². The highest BCUT2D eigenvalue weighted by atomic mass is 79.9. The molecular weight excluding hydrogens is 343 g/mol. The van der Waals surface area contributed by atoms with Gasteiger partial charge in [-0.25, -0.2) is 9.18 Å². The number of carbonyl (C=O) groups excluding carboxylic acids is 2. The van der Waals surface area contributed by atoms with E-state index < -0.39 is 23.4 Å². The molecule has 7 heteroatoms. The van der Waals surface area contributed by atoms with Gasteiger partial charge in [-0.1, -0.05) is 15.9 Å². The van der Waals surface area contributed by atoms with Crippen molar-refractivity contribution in [2.45, 2.75) is 26.4 Å². The summed E-state index contributed by atoms with van der Waals surface area (Å²) in [5.41, 5.74) is -0.631. The van der Waals surface area contributed by atoms with E-state index in [9.17, 15) is 14.0 Å². The Morgan fingerprint density at radius 1 is 1.24 bits per heavy atom. The second-order valence-electron chi connectivity index (χ2n) is 5.31. The van der Waals surface area contributed by atoms with Crippen LogP contribution in [0.1, 0.15) is 31.1 Å². The van der Waals surface area contributed by atoms with Gasteiger partial charge in [0.25, 0.3) is 5.91 Å². The van der Waals surface area contributed by atoms with E-state index in [0.29, 0.717) is 4.47 Å². The van der Waals surface area contributed by atoms with Gasteiger partial charge in [-0.2, -0.15) is 0 Å². The Balaban J connectivity index is 2.38. The third-order valence-corrected chi connectivity index (χ3v) is 2.75. The average molecular weight is 361 g/mol. The Morgan fingerprint density at radius 3 is 2.48 bits per heavy atom. The van der Waals surface area contributed by atoms with Crippen molar-refractivity contribution in [3.8, 4) is 0 Å². The number of amides is 2. The number of alkyl carbamates (subject to hydrolysis) is 1. The molecule has 0 unspecified atom stereocenters. The van der Waals surface area contributed by atoms with Gasteiger partial charge >= 0.3 is 6.09 Å². The molecule has 1 aromatic carbocycles. The van der Waals surface area contributed by atoms with Crippen LogP contribution in [0.25, 0.3) is 0 Å². The molecule has 0 heterocycles. The van der Waals surface area contributed by atoms with Crippen LogP contribution in [-0.2, 0) is 4.74 Å². The lowest BCUT2D eigenvalue weighted by molar-refractivity contribution is 0.0526. The van der Waals surface area contributed by atoms with E-state index in [1.165, 1.54) is 18.2 Å². The van der Waals surface area contributed by atoms with Crippen molar-refractivity contribution in [3.63, 3.8) is 0 Å². The number of hydrogen-bond acceptors (Lipinski definition) is 3. The topological polar surface area (TPSA) is 67.4 Å². The molecule has 0 saturated carbocycles. The van der Waals surface area contributed by atoms with Gasteiger partial charge in [0.05, 0.1) is 5.56 Å². The second-order valence-corrected chi connectivity index (χ2v) is 6.22. The van der Waals surface area contributed by atoms with Crippen molar-refractivity contribution in [2.24, 2.45) is 0 Å². The van der Waals surface area contributed by atoms with Crippen LogP contribution in [0.3, 0.4) is 0 Å². The zero-order chi connectivity index (χ0) is 16.0. The van der Waals surface area contributed by atoms with Gasteiger partial charge < -0.3 is 15.4 Å². The third-order valence-electron chi connectivity index (χ3n) is 2.25. The van der Waals surface area contributed by atoms with E-state index in [1.54, 1.807) is 20.8 Å². The molecule has 0 aromatic heterocycles. The van der Waals surface area contributed by atoms with E-state index in [1.807, 2.05) is 0 Å². The zero-order valence-corrected chi connectivity index (χ0v) is 13.7. The first kappa shape index (κ1) is 17.4. The van der Waals surface area contributed by atoms with Crippen LogP contribution in [0.15, 0.2) is 22.7 Å². The van der Waals surface area contributed by atoms with Crippen molar-refractivity contribution in [1.29, 1.82) is 0 Å². The van der Waals surface area contributed by atoms with Gasteiger partial charge in [-0.15, -0.1) is 0 Å². The Labute approximate surface area is 131 Å². The number of halogens is 2. The minimum atomic E-state index is -0.601. The van der Waals surface area contributed by atoms with Crippen LogP contribution in [0.5, 0.6) is 0 Å². The Kier molecular flexibility index (Phi) is 6.14. The maximum Gasteiger partial charge on any atom is 0.407 e. The SMILES string of the molecule is CC(C)(C)OC(=O)NCCNC(=O)c1cc(Br)ccc1F. The summed E-state index contributed by atoms with van der Waals surface area (Å²) >= 11 is 3.17. The predicted molar refractivity (Wildman–Crippen MR) is 80.7 cm³/mol. The fourth-order valence-corrected chi connectivity index (χ4v) is 1.78. The molecule has 0 bridgehead atoms. The lowest BCUT2D eigenvalue weighted by Gasteiger charge is -2.19. The first-order valence-electron chi connectivity index (χ1n) is 6.39. The summed E-state index contributed by atoms with van der Waals surface area (Å²) in [7, 11) is 0. The average Bonchev–Trinajstić information content (AvgIpc) is 2.35. The standard InChI is InChI=1S/C14H18BrFN2O3/c1-14(2,3)21-13(20)18-7-6-17-12(19)10-8-9(15)4-5-11(10)16/h4-5,8H,6-7H2,1-3H3,(H,17,19)(H,18,20). The van der Waals surface area contributed by atoms with Crippen molar-refractivity contribution in [2.75, 3.05) is 13.1 Å². The summed E-state index contributed by atoms with van der Waals surface area (Å²) in [6.45, 7) is 5.62. The van der Waals surface area contributed by atoms with Gasteiger partial charge in [-0.05, 0) is 39.0 Å². The highest BCUT2D eigenvalue weighted by molar-refractivity contribution is 9.10. The predicted octanol–water partition coefficient (Wildman–Crippen LogP) is 2.84. The number of rotatable bonds is 4. The van der Waals surface area contributed by atoms with Crippen molar-refractivity contribution in [1.82, 2.24) is 10.6 Å². The minimum Gasteiger partial charge on any atom is -0.444 e. The maximum absolute atomic E-state index is 13.5. The molecule has 21 heavy (non-hydrogen) atoms. The van der Waals surface area contributed by atoms with Crippen LogP contribution >= 0.6 is 15.9 Å². The van der Waals surface area contributed by atoms with Gasteiger partial charge in [0.15, 0.2) is 0 Å². The smallest absolute Gasteiger partial charge is 0.407 e. The van der Waals surface area contributed by atoms with Crippen molar-refractivity contribution in [3.05, 3.63) is 34.1 Å². The molecule has 0 saturated heterocycles. The molecule has 0 atom stereocenters. The fourth-order valence-electron chi connectivity index (χ4n) is 1.42. The third kappa shape index (κ3) is 6.57. The quantitative estimate of drug-likeness (QED) is 0.811. The Bertz CT molecular complexity index is 529. The monoisotopic (exact) mass is 360 g/mol. The number of benzene rings is 1. The van der Waals surface area contributed by atoms with Gasteiger partial charge in [-0.3, -0.25) is 4.79 Å². The molecule has 1 rings (SSSR count). The van der Waals surface area contributed by atoms with E-state index in [2.05, 4.69) is 26.6 Å². The van der Waals surface area contributed by atoms with Gasteiger partial charge in [0.1, 0.15) is 11.4 Å². The second kappa shape index (κ2) is 7.40. The molecule has 116 valence electrons. The van der Waals surface area contributed by atoms with Crippen LogP contribution in [0.2, 0.25) is 0 Å². The summed E-state index contributed by atoms with van der Waals surface area (Å²) in [6, 6.07) is 4.11. The molecule has 2 amide bonds. The van der Waals surface area contributed by atoms with Gasteiger partial charge in [0, 0.05) is 17.6 Å². The molecule has 1 aromatic rings. The van der Waals surface area contributed by atoms with E-state index in [4.69, 9.17) is 4.74 Å². The molecule has 0 aliphatic carbocycles. The molecule has 0 spiro atoms. The lowest BCUT2D eigenvalue weighted by Crippen LogP contribution is -2.38. The Morgan fingerprint density at radius 2 is 1.86 bits per heavy atom. The van der Waals surface area contributed by atoms with Crippen molar-refractivity contribution >= 4 is 27.9 Å². The highest BCUT2D eigenvalue weighted by Gasteiger charge is 2.16. The maximum atomic E-state index is 13.5. The summed E-state index contributed by atoms with van der Waals surface area (Å²) in [4.78, 5) is 23.1. The number of nitrogens with one attached hydrogen (secondary N) is 2. The number of hydrogen-bond donors (Lipinski definition) is 2. The summed E-state index contributed by atoms with van der Waals surface area (Å²) in [5, 5.41) is 5.01. The Hall–Kier alpha value is -1.63. The van der Waals surface area contributed by atoms with E-state index >= 15 is 0 Å². The number of carbonyl (C=O) groups is 2. The fraction of sp³-hybridized carbons (Fsp3) is 0.429. The normalized spacial score (nSPS) is 10.9. The minimum absolute atomic E-state index is 0.0540. The lowest BCUT2D eigenvalue weighted by atomic mass is 10.2. The molecule has 0 aliphatic rings. The highest BCUT2D eigenvalue weighted by Crippen LogP contribution is 2.15. The molecular formula is C14H18BrFN2O3. The summed E-state index contributed by atoms with van der Waals surface area (Å²) < 4.78 is 19.1. The first-order valence-corrected chi connectivity index (χ1v) is 7.18. The molecule has 2 N–H and O–H groups in total. The van der Waals surface area contributed by atoms with Crippen molar-refractivity contribution < 1.29 is 18.7 Å². The molecule has 0 radical (unpaired) electrons. The first-order chi connectivity index (χ1) is 9.69. The van der Waals surface area contributed by atoms with Crippen LogP contribution < -0.4 is 10.6 Å². The summed E-state index contributed by atoms with van der Waals surface area (Å²) in [5.74, 6) is -1.14. The number of ether oxygens (including phenoxy) is 1. The van der Waals surface area contributed by atoms with E-state index in [-0.39, 0.29) is 18.7 Å². The molecule has 0 fully saturated rings.